The number of fused-ring (bicyclic) bond motifs is 1. The van der Waals surface area contributed by atoms with Gasteiger partial charge in [-0.05, 0) is 44.8 Å². The Labute approximate surface area is 126 Å². The van der Waals surface area contributed by atoms with E-state index in [2.05, 4.69) is 31.2 Å². The molecule has 1 heterocycles. The fraction of sp³-hybridized carbons (Fsp3) is 0.562. The first-order valence-corrected chi connectivity index (χ1v) is 7.10. The van der Waals surface area contributed by atoms with E-state index < -0.39 is 0 Å². The van der Waals surface area contributed by atoms with Crippen molar-refractivity contribution in [3.8, 4) is 11.5 Å². The summed E-state index contributed by atoms with van der Waals surface area (Å²) in [7, 11) is 7.31. The van der Waals surface area contributed by atoms with Crippen molar-refractivity contribution in [2.75, 3.05) is 41.4 Å². The van der Waals surface area contributed by atoms with Crippen LogP contribution in [0.5, 0.6) is 11.5 Å². The first kappa shape index (κ1) is 15.6. The minimum Gasteiger partial charge on any atom is -0.493 e. The van der Waals surface area contributed by atoms with Crippen LogP contribution in [-0.2, 0) is 5.41 Å². The quantitative estimate of drug-likeness (QED) is 0.896. The zero-order valence-corrected chi connectivity index (χ0v) is 13.4. The summed E-state index contributed by atoms with van der Waals surface area (Å²) in [6.45, 7) is 3.78. The molecule has 5 nitrogen and oxygen atoms in total. The van der Waals surface area contributed by atoms with Crippen molar-refractivity contribution in [3.63, 3.8) is 0 Å². The first-order valence-electron chi connectivity index (χ1n) is 7.10. The number of ether oxygens (including phenoxy) is 2. The van der Waals surface area contributed by atoms with E-state index in [1.165, 1.54) is 0 Å². The lowest BCUT2D eigenvalue weighted by Crippen LogP contribution is -2.46. The summed E-state index contributed by atoms with van der Waals surface area (Å²) >= 11 is 0. The van der Waals surface area contributed by atoms with Crippen LogP contribution in [0.4, 0.5) is 0 Å². The summed E-state index contributed by atoms with van der Waals surface area (Å²) in [5, 5.41) is 2.99. The number of amides is 1. The molecule has 1 atom stereocenters. The van der Waals surface area contributed by atoms with E-state index in [0.29, 0.717) is 23.6 Å². The molecule has 1 aliphatic rings. The van der Waals surface area contributed by atoms with Crippen LogP contribution in [0.2, 0.25) is 0 Å². The number of methoxy groups -OCH3 is 2. The summed E-state index contributed by atoms with van der Waals surface area (Å²) in [5.74, 6) is 1.21. The standard InChI is InChI=1S/C16H24N2O3/c1-16(6-7-18(2)3)10-17-15(19)11-8-13(20-4)14(21-5)9-12(11)16/h8-9H,6-7,10H2,1-5H3,(H,17,19). The molecule has 116 valence electrons. The fourth-order valence-electron chi connectivity index (χ4n) is 2.73. The van der Waals surface area contributed by atoms with Gasteiger partial charge in [-0.3, -0.25) is 4.79 Å². The van der Waals surface area contributed by atoms with Crippen molar-refractivity contribution in [3.05, 3.63) is 23.3 Å². The van der Waals surface area contributed by atoms with Crippen molar-refractivity contribution in [1.29, 1.82) is 0 Å². The molecular weight excluding hydrogens is 268 g/mol. The Hall–Kier alpha value is -1.75. The van der Waals surface area contributed by atoms with Crippen LogP contribution in [0.3, 0.4) is 0 Å². The molecule has 2 rings (SSSR count). The summed E-state index contributed by atoms with van der Waals surface area (Å²) in [4.78, 5) is 14.3. The Bertz CT molecular complexity index is 543. The molecule has 1 aromatic carbocycles. The van der Waals surface area contributed by atoms with Gasteiger partial charge in [0.25, 0.3) is 5.91 Å². The normalized spacial score (nSPS) is 21.0. The van der Waals surface area contributed by atoms with Crippen molar-refractivity contribution in [2.45, 2.75) is 18.8 Å². The van der Waals surface area contributed by atoms with E-state index in [9.17, 15) is 4.79 Å². The summed E-state index contributed by atoms with van der Waals surface area (Å²) in [5.41, 5.74) is 1.61. The Kier molecular flexibility index (Phi) is 4.42. The van der Waals surface area contributed by atoms with Crippen LogP contribution in [0.15, 0.2) is 12.1 Å². The number of hydrogen-bond donors (Lipinski definition) is 1. The molecule has 0 fully saturated rings. The highest BCUT2D eigenvalue weighted by atomic mass is 16.5. The maximum Gasteiger partial charge on any atom is 0.251 e. The van der Waals surface area contributed by atoms with Gasteiger partial charge < -0.3 is 19.7 Å². The van der Waals surface area contributed by atoms with Crippen LogP contribution in [-0.4, -0.2) is 52.2 Å². The third kappa shape index (κ3) is 2.97. The Morgan fingerprint density at radius 3 is 2.43 bits per heavy atom. The van der Waals surface area contributed by atoms with Gasteiger partial charge in [0.05, 0.1) is 14.2 Å². The molecule has 1 amide bonds. The van der Waals surface area contributed by atoms with Gasteiger partial charge in [-0.25, -0.2) is 0 Å². The fourth-order valence-corrected chi connectivity index (χ4v) is 2.73. The molecule has 1 aliphatic heterocycles. The average Bonchev–Trinajstić information content (AvgIpc) is 2.48. The van der Waals surface area contributed by atoms with Gasteiger partial charge in [0.15, 0.2) is 11.5 Å². The lowest BCUT2D eigenvalue weighted by Gasteiger charge is -2.37. The third-order valence-electron chi connectivity index (χ3n) is 4.17. The SMILES string of the molecule is COc1cc2c(cc1OC)C(C)(CCN(C)C)CNC2=O. The number of carbonyl (C=O) groups excluding carboxylic acids is 1. The Morgan fingerprint density at radius 1 is 1.24 bits per heavy atom. The van der Waals surface area contributed by atoms with E-state index in [0.717, 1.165) is 18.5 Å². The van der Waals surface area contributed by atoms with Crippen LogP contribution >= 0.6 is 0 Å². The van der Waals surface area contributed by atoms with Crippen molar-refractivity contribution in [2.24, 2.45) is 0 Å². The van der Waals surface area contributed by atoms with Crippen molar-refractivity contribution >= 4 is 5.91 Å². The van der Waals surface area contributed by atoms with Crippen LogP contribution in [0.1, 0.15) is 29.3 Å². The summed E-state index contributed by atoms with van der Waals surface area (Å²) in [6, 6.07) is 3.72. The number of nitrogens with zero attached hydrogens (tertiary/aromatic N) is 1. The lowest BCUT2D eigenvalue weighted by atomic mass is 9.74. The molecule has 1 N–H and O–H groups in total. The molecule has 1 unspecified atom stereocenters. The predicted octanol–water partition coefficient (Wildman–Crippen LogP) is 1.66. The maximum atomic E-state index is 12.2. The minimum absolute atomic E-state index is 0.0479. The number of hydrogen-bond acceptors (Lipinski definition) is 4. The number of nitrogens with one attached hydrogen (secondary N) is 1. The largest absolute Gasteiger partial charge is 0.493 e. The van der Waals surface area contributed by atoms with Crippen molar-refractivity contribution < 1.29 is 14.3 Å². The molecule has 1 aromatic rings. The molecule has 0 spiro atoms. The Morgan fingerprint density at radius 2 is 1.86 bits per heavy atom. The van der Waals surface area contributed by atoms with Crippen LogP contribution in [0, 0.1) is 0 Å². The van der Waals surface area contributed by atoms with Gasteiger partial charge in [0, 0.05) is 17.5 Å². The van der Waals surface area contributed by atoms with Crippen molar-refractivity contribution in [1.82, 2.24) is 10.2 Å². The highest BCUT2D eigenvalue weighted by molar-refractivity contribution is 5.98. The van der Waals surface area contributed by atoms with E-state index in [1.807, 2.05) is 6.07 Å². The molecule has 0 radical (unpaired) electrons. The third-order valence-corrected chi connectivity index (χ3v) is 4.17. The summed E-state index contributed by atoms with van der Waals surface area (Å²) < 4.78 is 10.7. The average molecular weight is 292 g/mol. The highest BCUT2D eigenvalue weighted by Crippen LogP contribution is 2.39. The second-order valence-corrected chi connectivity index (χ2v) is 6.05. The molecule has 21 heavy (non-hydrogen) atoms. The zero-order valence-electron chi connectivity index (χ0n) is 13.4. The predicted molar refractivity (Wildman–Crippen MR) is 82.4 cm³/mol. The number of benzene rings is 1. The smallest absolute Gasteiger partial charge is 0.251 e. The second kappa shape index (κ2) is 5.93. The molecule has 5 heteroatoms. The molecule has 0 saturated heterocycles. The van der Waals surface area contributed by atoms with E-state index in [1.54, 1.807) is 20.3 Å². The van der Waals surface area contributed by atoms with Gasteiger partial charge >= 0.3 is 0 Å². The number of rotatable bonds is 5. The van der Waals surface area contributed by atoms with Crippen LogP contribution in [0.25, 0.3) is 0 Å². The molecule has 0 saturated carbocycles. The Balaban J connectivity index is 2.48. The molecular formula is C16H24N2O3. The summed E-state index contributed by atoms with van der Waals surface area (Å²) in [6.07, 6.45) is 0.961. The monoisotopic (exact) mass is 292 g/mol. The molecule has 0 aromatic heterocycles. The zero-order chi connectivity index (χ0) is 15.6. The van der Waals surface area contributed by atoms with Crippen LogP contribution < -0.4 is 14.8 Å². The molecule has 0 bridgehead atoms. The maximum absolute atomic E-state index is 12.2. The number of carbonyl (C=O) groups is 1. The topological polar surface area (TPSA) is 50.8 Å². The highest BCUT2D eigenvalue weighted by Gasteiger charge is 2.36. The van der Waals surface area contributed by atoms with Gasteiger partial charge in [0.2, 0.25) is 0 Å². The van der Waals surface area contributed by atoms with E-state index >= 15 is 0 Å². The van der Waals surface area contributed by atoms with E-state index in [-0.39, 0.29) is 11.3 Å². The van der Waals surface area contributed by atoms with Gasteiger partial charge in [-0.15, -0.1) is 0 Å². The lowest BCUT2D eigenvalue weighted by molar-refractivity contribution is 0.0923. The second-order valence-electron chi connectivity index (χ2n) is 6.05. The molecule has 0 aliphatic carbocycles. The van der Waals surface area contributed by atoms with Gasteiger partial charge in [-0.2, -0.15) is 0 Å². The first-order chi connectivity index (χ1) is 9.91. The van der Waals surface area contributed by atoms with Gasteiger partial charge in [0.1, 0.15) is 0 Å². The van der Waals surface area contributed by atoms with Gasteiger partial charge in [-0.1, -0.05) is 6.92 Å². The minimum atomic E-state index is -0.104. The van der Waals surface area contributed by atoms with E-state index in [4.69, 9.17) is 9.47 Å².